The number of Topliss-reactive ketones (excluding diaryl/α,β-unsaturated/α-hetero) is 1. The molecule has 0 saturated carbocycles. The summed E-state index contributed by atoms with van der Waals surface area (Å²) in [6.45, 7) is 5.32. The number of esters is 1. The molecule has 0 aliphatic heterocycles. The Labute approximate surface area is 168 Å². The first-order chi connectivity index (χ1) is 12.3. The number of benzene rings is 1. The first kappa shape index (κ1) is 20.6. The molecular formula is C18H17BrN2O3S2. The molecule has 1 unspecified atom stereocenters. The molecule has 0 fully saturated rings. The van der Waals surface area contributed by atoms with E-state index in [1.54, 1.807) is 12.3 Å². The number of thioether (sulfide) groups is 1. The molecule has 1 aromatic carbocycles. The van der Waals surface area contributed by atoms with Gasteiger partial charge in [0, 0.05) is 20.4 Å². The number of aromatic nitrogens is 1. The number of carbonyl (C=O) groups excluding carboxylic acids is 2. The highest BCUT2D eigenvalue weighted by molar-refractivity contribution is 9.10. The third kappa shape index (κ3) is 5.40. The minimum absolute atomic E-state index is 0.1000. The fraction of sp³-hybridized carbons (Fsp3) is 0.333. The van der Waals surface area contributed by atoms with E-state index in [1.165, 1.54) is 23.1 Å². The van der Waals surface area contributed by atoms with Crippen molar-refractivity contribution in [3.63, 3.8) is 0 Å². The minimum Gasteiger partial charge on any atom is -0.457 e. The van der Waals surface area contributed by atoms with E-state index in [0.29, 0.717) is 5.01 Å². The van der Waals surface area contributed by atoms with Crippen LogP contribution in [0.3, 0.4) is 0 Å². The van der Waals surface area contributed by atoms with Gasteiger partial charge in [-0.3, -0.25) is 9.59 Å². The van der Waals surface area contributed by atoms with Gasteiger partial charge in [0.25, 0.3) is 0 Å². The molecule has 136 valence electrons. The lowest BCUT2D eigenvalue weighted by Gasteiger charge is -2.09. The fourth-order valence-corrected chi connectivity index (χ4v) is 4.32. The number of aryl methyl sites for hydroxylation is 3. The van der Waals surface area contributed by atoms with E-state index in [0.717, 1.165) is 26.2 Å². The second-order valence-electron chi connectivity index (χ2n) is 5.67. The van der Waals surface area contributed by atoms with Crippen molar-refractivity contribution in [1.82, 2.24) is 4.98 Å². The second kappa shape index (κ2) is 9.31. The summed E-state index contributed by atoms with van der Waals surface area (Å²) < 4.78 is 6.06. The third-order valence-electron chi connectivity index (χ3n) is 3.51. The third-order valence-corrected chi connectivity index (χ3v) is 6.52. The van der Waals surface area contributed by atoms with Crippen molar-refractivity contribution >= 4 is 50.8 Å². The van der Waals surface area contributed by atoms with E-state index < -0.39 is 24.3 Å². The first-order valence-corrected chi connectivity index (χ1v) is 10.4. The van der Waals surface area contributed by atoms with E-state index in [-0.39, 0.29) is 5.75 Å². The topological polar surface area (TPSA) is 80.0 Å². The van der Waals surface area contributed by atoms with Crippen molar-refractivity contribution in [3.8, 4) is 6.07 Å². The van der Waals surface area contributed by atoms with Crippen molar-refractivity contribution < 1.29 is 14.3 Å². The molecule has 0 spiro atoms. The molecule has 0 radical (unpaired) electrons. The Morgan fingerprint density at radius 2 is 2.08 bits per heavy atom. The molecule has 0 bridgehead atoms. The number of carbonyl (C=O) groups is 2. The van der Waals surface area contributed by atoms with Crippen LogP contribution in [0.25, 0.3) is 0 Å². The number of rotatable bonds is 7. The van der Waals surface area contributed by atoms with Gasteiger partial charge in [0.05, 0.1) is 11.8 Å². The van der Waals surface area contributed by atoms with E-state index in [2.05, 4.69) is 20.9 Å². The highest BCUT2D eigenvalue weighted by Crippen LogP contribution is 2.28. The van der Waals surface area contributed by atoms with Crippen LogP contribution in [0.2, 0.25) is 0 Å². The Bertz CT molecular complexity index is 874. The summed E-state index contributed by atoms with van der Waals surface area (Å²) >= 11 is 6.09. The Balaban J connectivity index is 1.87. The van der Waals surface area contributed by atoms with Crippen LogP contribution in [-0.2, 0) is 14.3 Å². The van der Waals surface area contributed by atoms with Gasteiger partial charge >= 0.3 is 5.97 Å². The van der Waals surface area contributed by atoms with Crippen molar-refractivity contribution in [1.29, 1.82) is 5.26 Å². The molecule has 5 nitrogen and oxygen atoms in total. The van der Waals surface area contributed by atoms with Crippen LogP contribution < -0.4 is 0 Å². The van der Waals surface area contributed by atoms with E-state index >= 15 is 0 Å². The molecular weight excluding hydrogens is 436 g/mol. The summed E-state index contributed by atoms with van der Waals surface area (Å²) in [6.07, 6.45) is 0. The fourth-order valence-electron chi connectivity index (χ4n) is 2.09. The Kier molecular flexibility index (Phi) is 7.38. The highest BCUT2D eigenvalue weighted by atomic mass is 79.9. The SMILES string of the molecule is Cc1csc(C(C#N)C(=O)COC(=O)CSc2cc(C)c(Br)cc2C)n1. The van der Waals surface area contributed by atoms with Crippen LogP contribution >= 0.6 is 39.0 Å². The average molecular weight is 453 g/mol. The Hall–Kier alpha value is -1.69. The highest BCUT2D eigenvalue weighted by Gasteiger charge is 2.24. The molecule has 0 saturated heterocycles. The molecule has 0 N–H and O–H groups in total. The molecule has 2 rings (SSSR count). The van der Waals surface area contributed by atoms with Crippen molar-refractivity contribution in [2.75, 3.05) is 12.4 Å². The number of nitrogens with zero attached hydrogens (tertiary/aromatic N) is 2. The quantitative estimate of drug-likeness (QED) is 0.458. The maximum atomic E-state index is 12.2. The predicted molar refractivity (Wildman–Crippen MR) is 106 cm³/mol. The molecule has 2 aromatic rings. The normalized spacial score (nSPS) is 11.7. The van der Waals surface area contributed by atoms with Gasteiger partial charge in [-0.25, -0.2) is 4.98 Å². The van der Waals surface area contributed by atoms with Crippen molar-refractivity contribution in [2.24, 2.45) is 0 Å². The van der Waals surface area contributed by atoms with Crippen molar-refractivity contribution in [3.05, 3.63) is 43.8 Å². The van der Waals surface area contributed by atoms with E-state index in [1.807, 2.05) is 32.0 Å². The zero-order valence-corrected chi connectivity index (χ0v) is 17.8. The van der Waals surface area contributed by atoms with Gasteiger partial charge in [0.2, 0.25) is 0 Å². The standard InChI is InChI=1S/C18H17BrN2O3S2/c1-10-5-16(11(2)4-14(10)19)25-9-17(23)24-7-15(22)13(6-20)18-21-12(3)8-26-18/h4-5,8,13H,7,9H2,1-3H3. The van der Waals surface area contributed by atoms with Gasteiger partial charge in [0.15, 0.2) is 18.3 Å². The Morgan fingerprint density at radius 1 is 1.35 bits per heavy atom. The van der Waals surface area contributed by atoms with Crippen LogP contribution in [-0.4, -0.2) is 29.1 Å². The molecule has 26 heavy (non-hydrogen) atoms. The molecule has 0 aliphatic rings. The molecule has 8 heteroatoms. The van der Waals surface area contributed by atoms with Gasteiger partial charge in [-0.05, 0) is 44.0 Å². The number of ether oxygens (including phenoxy) is 1. The lowest BCUT2D eigenvalue weighted by Crippen LogP contribution is -2.20. The summed E-state index contributed by atoms with van der Waals surface area (Å²) in [4.78, 5) is 29.2. The number of hydrogen-bond acceptors (Lipinski definition) is 7. The van der Waals surface area contributed by atoms with Gasteiger partial charge in [-0.15, -0.1) is 23.1 Å². The second-order valence-corrected chi connectivity index (χ2v) is 8.43. The average Bonchev–Trinajstić information content (AvgIpc) is 3.01. The van der Waals surface area contributed by atoms with Crippen LogP contribution in [0.15, 0.2) is 26.9 Å². The summed E-state index contributed by atoms with van der Waals surface area (Å²) in [5.74, 6) is -1.85. The largest absolute Gasteiger partial charge is 0.457 e. The zero-order valence-electron chi connectivity index (χ0n) is 14.5. The molecule has 0 aliphatic carbocycles. The van der Waals surface area contributed by atoms with E-state index in [4.69, 9.17) is 4.74 Å². The summed E-state index contributed by atoms with van der Waals surface area (Å²) in [7, 11) is 0. The maximum Gasteiger partial charge on any atom is 0.316 e. The maximum absolute atomic E-state index is 12.2. The number of thiazole rings is 1. The van der Waals surface area contributed by atoms with Crippen molar-refractivity contribution in [2.45, 2.75) is 31.6 Å². The van der Waals surface area contributed by atoms with Crippen LogP contribution in [0.5, 0.6) is 0 Å². The number of hydrogen-bond donors (Lipinski definition) is 0. The lowest BCUT2D eigenvalue weighted by atomic mass is 10.1. The van der Waals surface area contributed by atoms with Gasteiger partial charge in [-0.2, -0.15) is 5.26 Å². The van der Waals surface area contributed by atoms with E-state index in [9.17, 15) is 14.9 Å². The number of nitriles is 1. The van der Waals surface area contributed by atoms with Crippen LogP contribution in [0.1, 0.15) is 27.7 Å². The van der Waals surface area contributed by atoms with Gasteiger partial charge in [-0.1, -0.05) is 15.9 Å². The Morgan fingerprint density at radius 3 is 2.69 bits per heavy atom. The predicted octanol–water partition coefficient (Wildman–Crippen LogP) is 4.34. The van der Waals surface area contributed by atoms with Gasteiger partial charge < -0.3 is 4.74 Å². The number of ketones is 1. The number of halogens is 1. The summed E-state index contributed by atoms with van der Waals surface area (Å²) in [5, 5.41) is 11.4. The summed E-state index contributed by atoms with van der Waals surface area (Å²) in [5.41, 5.74) is 2.89. The lowest BCUT2D eigenvalue weighted by molar-refractivity contribution is -0.145. The monoisotopic (exact) mass is 452 g/mol. The molecule has 1 atom stereocenters. The van der Waals surface area contributed by atoms with Gasteiger partial charge in [0.1, 0.15) is 5.01 Å². The smallest absolute Gasteiger partial charge is 0.316 e. The molecule has 1 heterocycles. The summed E-state index contributed by atoms with van der Waals surface area (Å²) in [6, 6.07) is 5.93. The van der Waals surface area contributed by atoms with Crippen LogP contribution in [0.4, 0.5) is 0 Å². The first-order valence-electron chi connectivity index (χ1n) is 7.71. The molecule has 1 aromatic heterocycles. The molecule has 0 amide bonds. The minimum atomic E-state index is -0.995. The zero-order chi connectivity index (χ0) is 19.3. The van der Waals surface area contributed by atoms with Crippen LogP contribution in [0, 0.1) is 32.1 Å².